The molecule has 1 heterocycles. The first-order valence-corrected chi connectivity index (χ1v) is 7.02. The molecule has 1 saturated carbocycles. The van der Waals surface area contributed by atoms with E-state index in [1.807, 2.05) is 0 Å². The van der Waals surface area contributed by atoms with Crippen molar-refractivity contribution in [3.05, 3.63) is 0 Å². The monoisotopic (exact) mass is 308 g/mol. The molecule has 2 amide bonds. The summed E-state index contributed by atoms with van der Waals surface area (Å²) in [5, 5.41) is 9.33. The number of nitrogens with zero attached hydrogens (tertiary/aromatic N) is 2. The summed E-state index contributed by atoms with van der Waals surface area (Å²) in [5.74, 6) is -0.976. The van der Waals surface area contributed by atoms with E-state index < -0.39 is 37.2 Å². The maximum Gasteiger partial charge on any atom is 0.390 e. The van der Waals surface area contributed by atoms with Crippen LogP contribution in [-0.4, -0.2) is 59.3 Å². The molecule has 1 N–H and O–H groups in total. The van der Waals surface area contributed by atoms with Crippen molar-refractivity contribution in [3.8, 4) is 0 Å². The summed E-state index contributed by atoms with van der Waals surface area (Å²) in [7, 11) is 1.28. The summed E-state index contributed by atoms with van der Waals surface area (Å²) >= 11 is 0. The van der Waals surface area contributed by atoms with Gasteiger partial charge < -0.3 is 14.9 Å². The van der Waals surface area contributed by atoms with E-state index in [1.54, 1.807) is 0 Å². The average molecular weight is 308 g/mol. The molecule has 3 unspecified atom stereocenters. The van der Waals surface area contributed by atoms with Crippen molar-refractivity contribution < 1.29 is 27.9 Å². The van der Waals surface area contributed by atoms with Crippen molar-refractivity contribution in [2.24, 2.45) is 11.8 Å². The topological polar surface area (TPSA) is 60.9 Å². The summed E-state index contributed by atoms with van der Waals surface area (Å²) in [6.45, 7) is -0.128. The molecule has 21 heavy (non-hydrogen) atoms. The number of alkyl halides is 3. The van der Waals surface area contributed by atoms with Gasteiger partial charge in [0, 0.05) is 20.1 Å². The molecule has 5 nitrogen and oxygen atoms in total. The zero-order chi connectivity index (χ0) is 15.8. The SMILES string of the molecule is CN(CCC(F)(F)F)C(=O)N1CC2CCCC2C1C(=O)O. The number of urea groups is 1. The Morgan fingerprint density at radius 2 is 2.00 bits per heavy atom. The lowest BCUT2D eigenvalue weighted by Gasteiger charge is -2.29. The minimum atomic E-state index is -4.33. The highest BCUT2D eigenvalue weighted by Crippen LogP contribution is 2.42. The molecule has 1 aliphatic heterocycles. The van der Waals surface area contributed by atoms with Gasteiger partial charge in [-0.25, -0.2) is 9.59 Å². The standard InChI is InChI=1S/C13H19F3N2O3/c1-17(6-5-13(14,15)16)12(21)18-7-8-3-2-4-9(8)10(18)11(19)20/h8-10H,2-7H2,1H3,(H,19,20). The summed E-state index contributed by atoms with van der Waals surface area (Å²) in [6.07, 6.45) is -2.83. The van der Waals surface area contributed by atoms with Crippen LogP contribution in [0, 0.1) is 11.8 Å². The minimum Gasteiger partial charge on any atom is -0.480 e. The van der Waals surface area contributed by atoms with Crippen LogP contribution in [0.5, 0.6) is 0 Å². The van der Waals surface area contributed by atoms with Gasteiger partial charge in [-0.2, -0.15) is 13.2 Å². The lowest BCUT2D eigenvalue weighted by molar-refractivity contribution is -0.143. The van der Waals surface area contributed by atoms with Crippen LogP contribution in [0.3, 0.4) is 0 Å². The molecule has 120 valence electrons. The second-order valence-corrected chi connectivity index (χ2v) is 5.86. The van der Waals surface area contributed by atoms with Gasteiger partial charge in [-0.3, -0.25) is 0 Å². The van der Waals surface area contributed by atoms with E-state index in [2.05, 4.69) is 0 Å². The van der Waals surface area contributed by atoms with Crippen LogP contribution in [0.4, 0.5) is 18.0 Å². The zero-order valence-corrected chi connectivity index (χ0v) is 11.8. The Balaban J connectivity index is 2.02. The molecule has 8 heteroatoms. The third-order valence-electron chi connectivity index (χ3n) is 4.45. The highest BCUT2D eigenvalue weighted by Gasteiger charge is 2.50. The Labute approximate surface area is 120 Å². The Hall–Kier alpha value is -1.47. The third kappa shape index (κ3) is 3.41. The number of aliphatic carboxylic acids is 1. The normalized spacial score (nSPS) is 28.6. The first kappa shape index (κ1) is 15.9. The van der Waals surface area contributed by atoms with Crippen LogP contribution >= 0.6 is 0 Å². The van der Waals surface area contributed by atoms with Gasteiger partial charge in [-0.1, -0.05) is 6.42 Å². The second kappa shape index (κ2) is 5.73. The summed E-state index contributed by atoms with van der Waals surface area (Å²) in [4.78, 5) is 25.8. The number of carbonyl (C=O) groups excluding carboxylic acids is 1. The molecule has 0 radical (unpaired) electrons. The fraction of sp³-hybridized carbons (Fsp3) is 0.846. The molecule has 2 fully saturated rings. The largest absolute Gasteiger partial charge is 0.480 e. The average Bonchev–Trinajstić information content (AvgIpc) is 2.92. The van der Waals surface area contributed by atoms with Gasteiger partial charge in [-0.15, -0.1) is 0 Å². The smallest absolute Gasteiger partial charge is 0.390 e. The van der Waals surface area contributed by atoms with Crippen molar-refractivity contribution in [3.63, 3.8) is 0 Å². The summed E-state index contributed by atoms with van der Waals surface area (Å²) < 4.78 is 36.6. The zero-order valence-electron chi connectivity index (χ0n) is 11.8. The Morgan fingerprint density at radius 1 is 1.33 bits per heavy atom. The van der Waals surface area contributed by atoms with Crippen LogP contribution in [0.2, 0.25) is 0 Å². The first-order valence-electron chi connectivity index (χ1n) is 7.02. The number of hydrogen-bond acceptors (Lipinski definition) is 2. The molecule has 0 aromatic carbocycles. The van der Waals surface area contributed by atoms with E-state index in [1.165, 1.54) is 11.9 Å². The van der Waals surface area contributed by atoms with Crippen molar-refractivity contribution in [1.82, 2.24) is 9.80 Å². The van der Waals surface area contributed by atoms with Crippen LogP contribution in [-0.2, 0) is 4.79 Å². The highest BCUT2D eigenvalue weighted by molar-refractivity contribution is 5.83. The van der Waals surface area contributed by atoms with E-state index in [0.717, 1.165) is 24.2 Å². The number of fused-ring (bicyclic) bond motifs is 1. The lowest BCUT2D eigenvalue weighted by atomic mass is 9.94. The minimum absolute atomic E-state index is 0.0672. The molecular formula is C13H19F3N2O3. The third-order valence-corrected chi connectivity index (χ3v) is 4.45. The summed E-state index contributed by atoms with van der Waals surface area (Å²) in [5.41, 5.74) is 0. The molecule has 0 aromatic rings. The number of carboxylic acids is 1. The van der Waals surface area contributed by atoms with Gasteiger partial charge in [0.2, 0.25) is 0 Å². The van der Waals surface area contributed by atoms with E-state index in [-0.39, 0.29) is 11.8 Å². The van der Waals surface area contributed by atoms with Gasteiger partial charge in [-0.05, 0) is 24.7 Å². The number of carbonyl (C=O) groups is 2. The molecule has 1 saturated heterocycles. The molecule has 2 aliphatic rings. The van der Waals surface area contributed by atoms with Crippen molar-refractivity contribution in [2.75, 3.05) is 20.1 Å². The predicted octanol–water partition coefficient (Wildman–Crippen LogP) is 2.18. The first-order chi connectivity index (χ1) is 9.70. The van der Waals surface area contributed by atoms with Gasteiger partial charge >= 0.3 is 18.2 Å². The fourth-order valence-corrected chi connectivity index (χ4v) is 3.43. The number of halogens is 3. The van der Waals surface area contributed by atoms with E-state index in [0.29, 0.717) is 6.54 Å². The van der Waals surface area contributed by atoms with E-state index >= 15 is 0 Å². The molecule has 3 atom stereocenters. The van der Waals surface area contributed by atoms with Crippen molar-refractivity contribution in [1.29, 1.82) is 0 Å². The lowest BCUT2D eigenvalue weighted by Crippen LogP contribution is -2.49. The number of rotatable bonds is 3. The second-order valence-electron chi connectivity index (χ2n) is 5.86. The van der Waals surface area contributed by atoms with Gasteiger partial charge in [0.15, 0.2) is 0 Å². The Morgan fingerprint density at radius 3 is 2.57 bits per heavy atom. The fourth-order valence-electron chi connectivity index (χ4n) is 3.43. The van der Waals surface area contributed by atoms with Crippen molar-refractivity contribution >= 4 is 12.0 Å². The molecular weight excluding hydrogens is 289 g/mol. The van der Waals surface area contributed by atoms with Gasteiger partial charge in [0.25, 0.3) is 0 Å². The number of amides is 2. The van der Waals surface area contributed by atoms with Crippen LogP contribution < -0.4 is 0 Å². The molecule has 0 aromatic heterocycles. The van der Waals surface area contributed by atoms with E-state index in [9.17, 15) is 27.9 Å². The van der Waals surface area contributed by atoms with Crippen LogP contribution in [0.25, 0.3) is 0 Å². The van der Waals surface area contributed by atoms with Gasteiger partial charge in [0.05, 0.1) is 6.42 Å². The molecule has 1 aliphatic carbocycles. The maximum atomic E-state index is 12.2. The van der Waals surface area contributed by atoms with Crippen molar-refractivity contribution in [2.45, 2.75) is 37.9 Å². The van der Waals surface area contributed by atoms with Crippen LogP contribution in [0.1, 0.15) is 25.7 Å². The quantitative estimate of drug-likeness (QED) is 0.869. The Bertz CT molecular complexity index is 427. The van der Waals surface area contributed by atoms with Gasteiger partial charge in [0.1, 0.15) is 6.04 Å². The predicted molar refractivity (Wildman–Crippen MR) is 67.7 cm³/mol. The summed E-state index contributed by atoms with van der Waals surface area (Å²) in [6, 6.07) is -1.53. The van der Waals surface area contributed by atoms with E-state index in [4.69, 9.17) is 0 Å². The number of hydrogen-bond donors (Lipinski definition) is 1. The maximum absolute atomic E-state index is 12.2. The highest BCUT2D eigenvalue weighted by atomic mass is 19.4. The molecule has 0 bridgehead atoms. The molecule has 0 spiro atoms. The number of likely N-dealkylation sites (tertiary alicyclic amines) is 1. The van der Waals surface area contributed by atoms with Crippen LogP contribution in [0.15, 0.2) is 0 Å². The number of carboxylic acid groups (broad SMARTS) is 1. The molecule has 2 rings (SSSR count). The Kier molecular flexibility index (Phi) is 4.34.